The lowest BCUT2D eigenvalue weighted by molar-refractivity contribution is 0.139. The van der Waals surface area contributed by atoms with Crippen LogP contribution in [-0.2, 0) is 0 Å². The molecule has 3 nitrogen and oxygen atoms in total. The Labute approximate surface area is 100 Å². The molecule has 2 aromatic rings. The quantitative estimate of drug-likeness (QED) is 0.826. The highest BCUT2D eigenvalue weighted by Gasteiger charge is 2.24. The first-order valence-electron chi connectivity index (χ1n) is 6.11. The first-order chi connectivity index (χ1) is 8.36. The maximum Gasteiger partial charge on any atom is 0.0949 e. The molecule has 2 N–H and O–H groups in total. The lowest BCUT2D eigenvalue weighted by atomic mass is 9.97. The molecule has 1 aromatic carbocycles. The van der Waals surface area contributed by atoms with Gasteiger partial charge in [-0.25, -0.2) is 0 Å². The number of hydrogen-bond donors (Lipinski definition) is 2. The van der Waals surface area contributed by atoms with E-state index in [1.165, 1.54) is 0 Å². The molecule has 1 fully saturated rings. The summed E-state index contributed by atoms with van der Waals surface area (Å²) in [7, 11) is 0. The summed E-state index contributed by atoms with van der Waals surface area (Å²) >= 11 is 0. The number of rotatable bonds is 2. The van der Waals surface area contributed by atoms with Crippen LogP contribution in [0.4, 0.5) is 0 Å². The van der Waals surface area contributed by atoms with Crippen molar-refractivity contribution >= 4 is 10.9 Å². The topological polar surface area (TPSA) is 45.2 Å². The SMILES string of the molecule is OC(c1cccc2ncccc12)C1CCCN1. The van der Waals surface area contributed by atoms with Crippen LogP contribution in [0.15, 0.2) is 36.5 Å². The van der Waals surface area contributed by atoms with Crippen molar-refractivity contribution in [2.45, 2.75) is 25.0 Å². The van der Waals surface area contributed by atoms with Crippen molar-refractivity contribution in [2.24, 2.45) is 0 Å². The molecule has 0 amide bonds. The number of fused-ring (bicyclic) bond motifs is 1. The number of aliphatic hydroxyl groups is 1. The van der Waals surface area contributed by atoms with E-state index in [4.69, 9.17) is 0 Å². The highest BCUT2D eigenvalue weighted by molar-refractivity contribution is 5.82. The van der Waals surface area contributed by atoms with Crippen LogP contribution in [0, 0.1) is 0 Å². The highest BCUT2D eigenvalue weighted by Crippen LogP contribution is 2.28. The fourth-order valence-electron chi connectivity index (χ4n) is 2.58. The molecule has 0 aliphatic carbocycles. The van der Waals surface area contributed by atoms with Gasteiger partial charge in [-0.05, 0) is 37.1 Å². The minimum absolute atomic E-state index is 0.181. The van der Waals surface area contributed by atoms with Gasteiger partial charge in [-0.15, -0.1) is 0 Å². The van der Waals surface area contributed by atoms with E-state index in [1.807, 2.05) is 30.3 Å². The zero-order chi connectivity index (χ0) is 11.7. The Kier molecular flexibility index (Phi) is 2.79. The van der Waals surface area contributed by atoms with Crippen molar-refractivity contribution in [3.05, 3.63) is 42.1 Å². The summed E-state index contributed by atoms with van der Waals surface area (Å²) in [4.78, 5) is 4.32. The predicted molar refractivity (Wildman–Crippen MR) is 67.7 cm³/mol. The zero-order valence-electron chi connectivity index (χ0n) is 9.63. The van der Waals surface area contributed by atoms with Gasteiger partial charge in [0.1, 0.15) is 0 Å². The molecule has 0 radical (unpaired) electrons. The predicted octanol–water partition coefficient (Wildman–Crippen LogP) is 2.02. The van der Waals surface area contributed by atoms with Gasteiger partial charge in [-0.3, -0.25) is 4.98 Å². The second kappa shape index (κ2) is 4.43. The average Bonchev–Trinajstić information content (AvgIpc) is 2.91. The third-order valence-electron chi connectivity index (χ3n) is 3.48. The Balaban J connectivity index is 2.04. The standard InChI is InChI=1S/C14H16N2O/c17-14(13-7-3-9-16-13)11-4-1-6-12-10(11)5-2-8-15-12/h1-2,4-6,8,13-14,16-17H,3,7,9H2. The second-order valence-corrected chi connectivity index (χ2v) is 4.57. The van der Waals surface area contributed by atoms with Crippen LogP contribution in [0.3, 0.4) is 0 Å². The number of nitrogens with one attached hydrogen (secondary N) is 1. The van der Waals surface area contributed by atoms with Crippen molar-refractivity contribution in [3.8, 4) is 0 Å². The number of nitrogens with zero attached hydrogens (tertiary/aromatic N) is 1. The Bertz CT molecular complexity index is 515. The lowest BCUT2D eigenvalue weighted by Gasteiger charge is -2.20. The van der Waals surface area contributed by atoms with E-state index in [1.54, 1.807) is 6.20 Å². The van der Waals surface area contributed by atoms with E-state index < -0.39 is 6.10 Å². The number of hydrogen-bond acceptors (Lipinski definition) is 3. The molecule has 1 saturated heterocycles. The third-order valence-corrected chi connectivity index (χ3v) is 3.48. The molecule has 0 spiro atoms. The number of benzene rings is 1. The van der Waals surface area contributed by atoms with E-state index in [2.05, 4.69) is 10.3 Å². The molecule has 3 heteroatoms. The summed E-state index contributed by atoms with van der Waals surface area (Å²) in [5, 5.41) is 14.8. The average molecular weight is 228 g/mol. The summed E-state index contributed by atoms with van der Waals surface area (Å²) in [5.41, 5.74) is 1.93. The Morgan fingerprint density at radius 3 is 3.06 bits per heavy atom. The van der Waals surface area contributed by atoms with Crippen LogP contribution in [0.25, 0.3) is 10.9 Å². The molecule has 2 unspecified atom stereocenters. The van der Waals surface area contributed by atoms with Gasteiger partial charge in [-0.2, -0.15) is 0 Å². The summed E-state index contributed by atoms with van der Waals surface area (Å²) in [6.45, 7) is 1.00. The van der Waals surface area contributed by atoms with Crippen LogP contribution >= 0.6 is 0 Å². The smallest absolute Gasteiger partial charge is 0.0949 e. The van der Waals surface area contributed by atoms with E-state index in [0.29, 0.717) is 0 Å². The number of aromatic nitrogens is 1. The molecule has 2 heterocycles. The van der Waals surface area contributed by atoms with Gasteiger partial charge in [0.15, 0.2) is 0 Å². The fraction of sp³-hybridized carbons (Fsp3) is 0.357. The maximum atomic E-state index is 10.4. The molecular weight excluding hydrogens is 212 g/mol. The fourth-order valence-corrected chi connectivity index (χ4v) is 2.58. The van der Waals surface area contributed by atoms with E-state index in [-0.39, 0.29) is 6.04 Å². The summed E-state index contributed by atoms with van der Waals surface area (Å²) < 4.78 is 0. The summed E-state index contributed by atoms with van der Waals surface area (Å²) in [6, 6.07) is 10.1. The van der Waals surface area contributed by atoms with Gasteiger partial charge >= 0.3 is 0 Å². The van der Waals surface area contributed by atoms with Crippen molar-refractivity contribution < 1.29 is 5.11 Å². The van der Waals surface area contributed by atoms with Crippen molar-refractivity contribution in [1.29, 1.82) is 0 Å². The molecule has 0 saturated carbocycles. The molecule has 88 valence electrons. The normalized spacial score (nSPS) is 21.8. The molecule has 1 aliphatic rings. The lowest BCUT2D eigenvalue weighted by Crippen LogP contribution is -2.28. The van der Waals surface area contributed by atoms with Crippen LogP contribution in [0.2, 0.25) is 0 Å². The molecule has 1 aliphatic heterocycles. The van der Waals surface area contributed by atoms with Crippen molar-refractivity contribution in [1.82, 2.24) is 10.3 Å². The zero-order valence-corrected chi connectivity index (χ0v) is 9.63. The van der Waals surface area contributed by atoms with Crippen molar-refractivity contribution in [3.63, 3.8) is 0 Å². The van der Waals surface area contributed by atoms with E-state index in [0.717, 1.165) is 35.9 Å². The molecule has 17 heavy (non-hydrogen) atoms. The Morgan fingerprint density at radius 2 is 2.24 bits per heavy atom. The minimum Gasteiger partial charge on any atom is -0.387 e. The largest absolute Gasteiger partial charge is 0.387 e. The Morgan fingerprint density at radius 1 is 1.29 bits per heavy atom. The summed E-state index contributed by atoms with van der Waals surface area (Å²) in [5.74, 6) is 0. The van der Waals surface area contributed by atoms with Gasteiger partial charge < -0.3 is 10.4 Å². The molecule has 0 bridgehead atoms. The summed E-state index contributed by atoms with van der Waals surface area (Å²) in [6.07, 6.45) is 3.53. The van der Waals surface area contributed by atoms with E-state index >= 15 is 0 Å². The van der Waals surface area contributed by atoms with Crippen LogP contribution < -0.4 is 5.32 Å². The van der Waals surface area contributed by atoms with Crippen LogP contribution in [-0.4, -0.2) is 22.7 Å². The molecule has 3 rings (SSSR count). The number of pyridine rings is 1. The first-order valence-corrected chi connectivity index (χ1v) is 6.11. The van der Waals surface area contributed by atoms with Gasteiger partial charge in [0.25, 0.3) is 0 Å². The first kappa shape index (κ1) is 10.7. The number of aliphatic hydroxyl groups excluding tert-OH is 1. The monoisotopic (exact) mass is 228 g/mol. The van der Waals surface area contributed by atoms with Crippen LogP contribution in [0.1, 0.15) is 24.5 Å². The molecular formula is C14H16N2O. The van der Waals surface area contributed by atoms with E-state index in [9.17, 15) is 5.11 Å². The minimum atomic E-state index is -0.439. The van der Waals surface area contributed by atoms with Gasteiger partial charge in [0.05, 0.1) is 11.6 Å². The van der Waals surface area contributed by atoms with Crippen molar-refractivity contribution in [2.75, 3.05) is 6.54 Å². The molecule has 1 aromatic heterocycles. The van der Waals surface area contributed by atoms with Gasteiger partial charge in [-0.1, -0.05) is 18.2 Å². The van der Waals surface area contributed by atoms with Crippen LogP contribution in [0.5, 0.6) is 0 Å². The Hall–Kier alpha value is -1.45. The van der Waals surface area contributed by atoms with Gasteiger partial charge in [0, 0.05) is 17.6 Å². The molecule has 2 atom stereocenters. The maximum absolute atomic E-state index is 10.4. The third kappa shape index (κ3) is 1.92. The van der Waals surface area contributed by atoms with Gasteiger partial charge in [0.2, 0.25) is 0 Å². The highest BCUT2D eigenvalue weighted by atomic mass is 16.3. The second-order valence-electron chi connectivity index (χ2n) is 4.57.